The highest BCUT2D eigenvalue weighted by molar-refractivity contribution is 5.95. The van der Waals surface area contributed by atoms with Gasteiger partial charge >= 0.3 is 6.03 Å². The molecule has 5 N–H and O–H groups in total. The number of nitrogens with zero attached hydrogens (tertiary/aromatic N) is 1. The van der Waals surface area contributed by atoms with Crippen LogP contribution in [0.15, 0.2) is 30.3 Å². The summed E-state index contributed by atoms with van der Waals surface area (Å²) in [4.78, 5) is 24.0. The second kappa shape index (κ2) is 7.29. The molecule has 0 radical (unpaired) electrons. The van der Waals surface area contributed by atoms with Gasteiger partial charge in [0.25, 0.3) is 0 Å². The number of amides is 3. The molecule has 98 valence electrons. The molecule has 0 atom stereocenters. The topological polar surface area (TPSA) is 101 Å². The lowest BCUT2D eigenvalue weighted by Crippen LogP contribution is -2.43. The van der Waals surface area contributed by atoms with Crippen LogP contribution in [-0.4, -0.2) is 31.6 Å². The van der Waals surface area contributed by atoms with Gasteiger partial charge in [0.15, 0.2) is 0 Å². The van der Waals surface area contributed by atoms with E-state index in [-0.39, 0.29) is 6.54 Å². The molecule has 1 aromatic rings. The fourth-order valence-electron chi connectivity index (χ4n) is 1.57. The van der Waals surface area contributed by atoms with E-state index in [9.17, 15) is 9.59 Å². The zero-order chi connectivity index (χ0) is 13.4. The molecule has 0 aliphatic carbocycles. The molecule has 0 bridgehead atoms. The van der Waals surface area contributed by atoms with Crippen molar-refractivity contribution in [2.75, 3.05) is 24.5 Å². The minimum absolute atomic E-state index is 0.0763. The van der Waals surface area contributed by atoms with Gasteiger partial charge < -0.3 is 16.4 Å². The number of carbonyl (C=O) groups excluding carboxylic acids is 2. The third-order valence-electron chi connectivity index (χ3n) is 2.35. The smallest absolute Gasteiger partial charge is 0.318 e. The number of benzene rings is 1. The molecule has 0 spiro atoms. The molecule has 0 aromatic heterocycles. The number of carbonyl (C=O) groups is 2. The van der Waals surface area contributed by atoms with Crippen LogP contribution in [0.2, 0.25) is 0 Å². The fraction of sp³-hybridized carbons (Fsp3) is 0.333. The highest BCUT2D eigenvalue weighted by Gasteiger charge is 2.12. The van der Waals surface area contributed by atoms with Crippen LogP contribution in [0.1, 0.15) is 6.42 Å². The Morgan fingerprint density at radius 3 is 2.44 bits per heavy atom. The summed E-state index contributed by atoms with van der Waals surface area (Å²) >= 11 is 0. The predicted octanol–water partition coefficient (Wildman–Crippen LogP) is 0.0367. The Kier molecular flexibility index (Phi) is 5.66. The molecule has 18 heavy (non-hydrogen) atoms. The zero-order valence-electron chi connectivity index (χ0n) is 10.1. The number of nitrogens with one attached hydrogen (secondary N) is 1. The monoisotopic (exact) mass is 250 g/mol. The highest BCUT2D eigenvalue weighted by atomic mass is 16.2. The molecule has 1 aromatic carbocycles. The summed E-state index contributed by atoms with van der Waals surface area (Å²) in [6, 6.07) is 8.62. The van der Waals surface area contributed by atoms with Crippen LogP contribution in [0.5, 0.6) is 0 Å². The van der Waals surface area contributed by atoms with Gasteiger partial charge in [-0.25, -0.2) is 4.79 Å². The summed E-state index contributed by atoms with van der Waals surface area (Å²) in [5, 5.41) is 2.05. The Labute approximate surface area is 106 Å². The number of hydrogen-bond donors (Lipinski definition) is 3. The van der Waals surface area contributed by atoms with E-state index in [4.69, 9.17) is 11.5 Å². The average molecular weight is 250 g/mol. The van der Waals surface area contributed by atoms with Crippen LogP contribution < -0.4 is 21.7 Å². The molecule has 3 amide bonds. The van der Waals surface area contributed by atoms with Gasteiger partial charge in [0, 0.05) is 12.2 Å². The molecule has 0 saturated carbocycles. The van der Waals surface area contributed by atoms with Gasteiger partial charge in [-0.05, 0) is 25.1 Å². The molecule has 6 nitrogen and oxygen atoms in total. The van der Waals surface area contributed by atoms with E-state index >= 15 is 0 Å². The maximum Gasteiger partial charge on any atom is 0.318 e. The lowest BCUT2D eigenvalue weighted by molar-refractivity contribution is -0.118. The van der Waals surface area contributed by atoms with E-state index in [0.717, 1.165) is 12.1 Å². The van der Waals surface area contributed by atoms with Crippen molar-refractivity contribution < 1.29 is 9.59 Å². The molecular weight excluding hydrogens is 232 g/mol. The Bertz CT molecular complexity index is 394. The Balaban J connectivity index is 2.67. The summed E-state index contributed by atoms with van der Waals surface area (Å²) in [7, 11) is 0. The maximum atomic E-state index is 11.5. The van der Waals surface area contributed by atoms with Gasteiger partial charge in [0.1, 0.15) is 0 Å². The largest absolute Gasteiger partial charge is 0.362 e. The number of primary amides is 1. The van der Waals surface area contributed by atoms with Crippen LogP contribution in [0, 0.1) is 0 Å². The number of imide groups is 1. The number of anilines is 1. The highest BCUT2D eigenvalue weighted by Crippen LogP contribution is 2.12. The van der Waals surface area contributed by atoms with Gasteiger partial charge in [-0.3, -0.25) is 10.1 Å². The third kappa shape index (κ3) is 4.84. The lowest BCUT2D eigenvalue weighted by Gasteiger charge is -2.23. The molecular formula is C12H18N4O2. The van der Waals surface area contributed by atoms with Crippen LogP contribution in [0.4, 0.5) is 10.5 Å². The summed E-state index contributed by atoms with van der Waals surface area (Å²) in [5.41, 5.74) is 11.3. The number of hydrogen-bond acceptors (Lipinski definition) is 4. The molecule has 6 heteroatoms. The van der Waals surface area contributed by atoms with Crippen molar-refractivity contribution in [3.05, 3.63) is 30.3 Å². The molecule has 0 fully saturated rings. The Hall–Kier alpha value is -2.08. The minimum atomic E-state index is -0.841. The SMILES string of the molecule is NCCCN(CC(=O)NC(N)=O)c1ccccc1. The normalized spacial score (nSPS) is 9.83. The van der Waals surface area contributed by atoms with Gasteiger partial charge in [0.2, 0.25) is 5.91 Å². The average Bonchev–Trinajstić information content (AvgIpc) is 2.34. The van der Waals surface area contributed by atoms with Crippen LogP contribution in [-0.2, 0) is 4.79 Å². The minimum Gasteiger partial charge on any atom is -0.362 e. The summed E-state index contributed by atoms with van der Waals surface area (Å²) < 4.78 is 0. The second-order valence-corrected chi connectivity index (χ2v) is 3.81. The van der Waals surface area contributed by atoms with Crippen LogP contribution in [0.3, 0.4) is 0 Å². The van der Waals surface area contributed by atoms with E-state index in [1.165, 1.54) is 0 Å². The van der Waals surface area contributed by atoms with E-state index in [2.05, 4.69) is 0 Å². The number of para-hydroxylation sites is 1. The van der Waals surface area contributed by atoms with Crippen molar-refractivity contribution in [3.63, 3.8) is 0 Å². The Morgan fingerprint density at radius 1 is 1.22 bits per heavy atom. The van der Waals surface area contributed by atoms with Crippen molar-refractivity contribution in [2.45, 2.75) is 6.42 Å². The number of nitrogens with two attached hydrogens (primary N) is 2. The molecule has 0 saturated heterocycles. The van der Waals surface area contributed by atoms with Gasteiger partial charge in [-0.2, -0.15) is 0 Å². The summed E-state index contributed by atoms with van der Waals surface area (Å²) in [5.74, 6) is -0.427. The van der Waals surface area contributed by atoms with E-state index < -0.39 is 11.9 Å². The van der Waals surface area contributed by atoms with E-state index in [1.54, 1.807) is 0 Å². The fourth-order valence-corrected chi connectivity index (χ4v) is 1.57. The Morgan fingerprint density at radius 2 is 1.89 bits per heavy atom. The quantitative estimate of drug-likeness (QED) is 0.663. The summed E-state index contributed by atoms with van der Waals surface area (Å²) in [6.07, 6.45) is 0.763. The zero-order valence-corrected chi connectivity index (χ0v) is 10.1. The van der Waals surface area contributed by atoms with Gasteiger partial charge in [-0.1, -0.05) is 18.2 Å². The first kappa shape index (κ1) is 14.0. The first-order valence-corrected chi connectivity index (χ1v) is 5.73. The lowest BCUT2D eigenvalue weighted by atomic mass is 10.2. The molecule has 0 aliphatic rings. The van der Waals surface area contributed by atoms with Crippen molar-refractivity contribution in [3.8, 4) is 0 Å². The van der Waals surface area contributed by atoms with Crippen LogP contribution in [0.25, 0.3) is 0 Å². The van der Waals surface area contributed by atoms with Crippen molar-refractivity contribution >= 4 is 17.6 Å². The third-order valence-corrected chi connectivity index (χ3v) is 2.35. The predicted molar refractivity (Wildman–Crippen MR) is 70.1 cm³/mol. The number of urea groups is 1. The first-order valence-electron chi connectivity index (χ1n) is 5.73. The van der Waals surface area contributed by atoms with Crippen molar-refractivity contribution in [2.24, 2.45) is 11.5 Å². The second-order valence-electron chi connectivity index (χ2n) is 3.81. The van der Waals surface area contributed by atoms with Gasteiger partial charge in [0.05, 0.1) is 6.54 Å². The standard InChI is InChI=1S/C12H18N4O2/c13-7-4-8-16(9-11(17)15-12(14)18)10-5-2-1-3-6-10/h1-3,5-6H,4,7-9,13H2,(H3,14,15,17,18). The van der Waals surface area contributed by atoms with Crippen LogP contribution >= 0.6 is 0 Å². The molecule has 1 rings (SSSR count). The summed E-state index contributed by atoms with van der Waals surface area (Å²) in [6.45, 7) is 1.26. The van der Waals surface area contributed by atoms with Gasteiger partial charge in [-0.15, -0.1) is 0 Å². The van der Waals surface area contributed by atoms with E-state index in [0.29, 0.717) is 13.1 Å². The molecule has 0 heterocycles. The maximum absolute atomic E-state index is 11.5. The van der Waals surface area contributed by atoms with Crippen molar-refractivity contribution in [1.29, 1.82) is 0 Å². The number of rotatable bonds is 6. The molecule has 0 unspecified atom stereocenters. The van der Waals surface area contributed by atoms with E-state index in [1.807, 2.05) is 40.5 Å². The first-order chi connectivity index (χ1) is 8.63. The molecule has 0 aliphatic heterocycles. The van der Waals surface area contributed by atoms with Crippen molar-refractivity contribution in [1.82, 2.24) is 5.32 Å².